The van der Waals surface area contributed by atoms with Crippen molar-refractivity contribution in [3.8, 4) is 5.75 Å². The van der Waals surface area contributed by atoms with Crippen LogP contribution in [0.3, 0.4) is 0 Å². The number of carbonyl (C=O) groups excluding carboxylic acids is 15. The zero-order chi connectivity index (χ0) is 74.8. The highest BCUT2D eigenvalue weighted by molar-refractivity contribution is 7.80. The van der Waals surface area contributed by atoms with E-state index in [2.05, 4.69) is 78.4 Å². The van der Waals surface area contributed by atoms with Gasteiger partial charge >= 0.3 is 5.97 Å². The predicted molar refractivity (Wildman–Crippen MR) is 364 cm³/mol. The van der Waals surface area contributed by atoms with E-state index in [0.29, 0.717) is 24.8 Å². The molecule has 3 heterocycles. The molecular weight excluding hydrogens is 1350 g/mol. The van der Waals surface area contributed by atoms with Gasteiger partial charge in [-0.3, -0.25) is 71.9 Å². The van der Waals surface area contributed by atoms with Crippen molar-refractivity contribution in [1.82, 2.24) is 67.9 Å². The van der Waals surface area contributed by atoms with Gasteiger partial charge in [-0.25, -0.2) is 4.79 Å². The number of likely N-dealkylation sites (tertiary alicyclic amines) is 3. The lowest BCUT2D eigenvalue weighted by Crippen LogP contribution is -2.61. The van der Waals surface area contributed by atoms with Crippen molar-refractivity contribution in [2.24, 2.45) is 29.0 Å². The first-order chi connectivity index (χ1) is 47.1. The van der Waals surface area contributed by atoms with Crippen LogP contribution in [0.15, 0.2) is 24.3 Å². The van der Waals surface area contributed by atoms with Gasteiger partial charge in [0.25, 0.3) is 0 Å². The zero-order valence-electron chi connectivity index (χ0n) is 57.0. The van der Waals surface area contributed by atoms with Crippen molar-refractivity contribution >= 4 is 120 Å². The van der Waals surface area contributed by atoms with Crippen molar-refractivity contribution < 1.29 is 92.0 Å². The van der Waals surface area contributed by atoms with Gasteiger partial charge in [0.2, 0.25) is 88.6 Å². The number of rotatable bonds is 39. The van der Waals surface area contributed by atoms with Crippen LogP contribution in [0.2, 0.25) is 0 Å². The quantitative estimate of drug-likeness (QED) is 0.0273. The molecular formula is C63H98N16O19S2. The third-order valence-corrected chi connectivity index (χ3v) is 17.5. The lowest BCUT2D eigenvalue weighted by molar-refractivity contribution is -0.143. The van der Waals surface area contributed by atoms with Crippen LogP contribution in [0.5, 0.6) is 5.75 Å². The highest BCUT2D eigenvalue weighted by atomic mass is 32.1. The summed E-state index contributed by atoms with van der Waals surface area (Å²) in [5, 5.41) is 54.9. The maximum absolute atomic E-state index is 14.5. The van der Waals surface area contributed by atoms with Crippen LogP contribution in [0.1, 0.15) is 124 Å². The number of hydrogen-bond donors (Lipinski definition) is 18. The van der Waals surface area contributed by atoms with Crippen LogP contribution in [0.25, 0.3) is 0 Å². The fourth-order valence-corrected chi connectivity index (χ4v) is 12.0. The fraction of sp³-hybridized carbons (Fsp3) is 0.651. The Balaban J connectivity index is 1.42. The summed E-state index contributed by atoms with van der Waals surface area (Å²) in [5.41, 5.74) is 16.9. The van der Waals surface area contributed by atoms with Crippen LogP contribution in [-0.2, 0) is 83.1 Å². The summed E-state index contributed by atoms with van der Waals surface area (Å²) in [6, 6.07) is -11.6. The Morgan fingerprint density at radius 2 is 0.880 bits per heavy atom. The number of nitrogens with zero attached hydrogens (tertiary/aromatic N) is 3. The minimum absolute atomic E-state index is 0.0232. The van der Waals surface area contributed by atoms with E-state index >= 15 is 0 Å². The molecule has 13 atom stereocenters. The number of nitrogens with two attached hydrogens (primary N) is 3. The molecule has 0 spiro atoms. The normalized spacial score (nSPS) is 18.8. The summed E-state index contributed by atoms with van der Waals surface area (Å²) >= 11 is 8.03. The molecule has 37 heteroatoms. The second kappa shape index (κ2) is 40.4. The number of primary amides is 2. The number of hydrogen-bond acceptors (Lipinski definition) is 21. The number of aromatic hydroxyl groups is 1. The fourth-order valence-electron chi connectivity index (χ4n) is 11.5. The van der Waals surface area contributed by atoms with Crippen LogP contribution < -0.4 is 70.4 Å². The molecule has 0 unspecified atom stereocenters. The maximum Gasteiger partial charge on any atom is 0.327 e. The van der Waals surface area contributed by atoms with Crippen LogP contribution in [-0.4, -0.2) is 247 Å². The van der Waals surface area contributed by atoms with Crippen molar-refractivity contribution in [2.75, 3.05) is 44.3 Å². The molecule has 0 aliphatic carbocycles. The number of aliphatic hydroxyl groups is 1. The number of nitrogens with one attached hydrogen (secondary N) is 10. The molecule has 1 aromatic carbocycles. The van der Waals surface area contributed by atoms with Gasteiger partial charge in [-0.15, -0.1) is 0 Å². The Morgan fingerprint density at radius 1 is 0.490 bits per heavy atom. The number of amides is 15. The van der Waals surface area contributed by atoms with E-state index in [1.807, 2.05) is 0 Å². The predicted octanol–water partition coefficient (Wildman–Crippen LogP) is -5.69. The average molecular weight is 1450 g/mol. The van der Waals surface area contributed by atoms with Gasteiger partial charge in [0.05, 0.1) is 19.2 Å². The minimum atomic E-state index is -1.75. The number of carboxylic acid groups (broad SMARTS) is 1. The summed E-state index contributed by atoms with van der Waals surface area (Å²) < 4.78 is 0. The lowest BCUT2D eigenvalue weighted by atomic mass is 9.99. The zero-order valence-corrected chi connectivity index (χ0v) is 58.7. The van der Waals surface area contributed by atoms with Gasteiger partial charge in [-0.05, 0) is 108 Å². The summed E-state index contributed by atoms with van der Waals surface area (Å²) in [5.74, 6) is -14.8. The second-order valence-electron chi connectivity index (χ2n) is 25.9. The monoisotopic (exact) mass is 1450 g/mol. The van der Waals surface area contributed by atoms with E-state index in [1.165, 1.54) is 47.9 Å². The molecule has 4 rings (SSSR count). The summed E-state index contributed by atoms with van der Waals surface area (Å²) in [6.07, 6.45) is -0.0224. The van der Waals surface area contributed by atoms with Crippen molar-refractivity contribution in [1.29, 1.82) is 0 Å². The molecule has 35 nitrogen and oxygen atoms in total. The van der Waals surface area contributed by atoms with Crippen molar-refractivity contribution in [3.05, 3.63) is 29.8 Å². The molecule has 3 fully saturated rings. The highest BCUT2D eigenvalue weighted by Crippen LogP contribution is 2.24. The first-order valence-corrected chi connectivity index (χ1v) is 34.4. The maximum atomic E-state index is 14.5. The molecule has 3 saturated heterocycles. The van der Waals surface area contributed by atoms with Crippen LogP contribution in [0, 0.1) is 11.8 Å². The van der Waals surface area contributed by atoms with Gasteiger partial charge in [0.1, 0.15) is 78.3 Å². The summed E-state index contributed by atoms with van der Waals surface area (Å²) in [7, 11) is 0. The minimum Gasteiger partial charge on any atom is -0.508 e. The third-order valence-electron chi connectivity index (χ3n) is 16.8. The molecule has 3 aliphatic heterocycles. The molecule has 3 aliphatic rings. The van der Waals surface area contributed by atoms with Crippen LogP contribution in [0.4, 0.5) is 0 Å². The molecule has 0 aromatic heterocycles. The molecule has 0 bridgehead atoms. The number of phenolic OH excluding ortho intramolecular Hbond substituents is 1. The van der Waals surface area contributed by atoms with E-state index in [4.69, 9.17) is 17.2 Å². The van der Waals surface area contributed by atoms with Gasteiger partial charge < -0.3 is 100 Å². The van der Waals surface area contributed by atoms with E-state index in [-0.39, 0.29) is 113 Å². The number of thiol groups is 2. The standard InChI is InChI=1S/C63H98N16O19S2/c1-31(2)24-39(71-55(89)42(28-80)74-54(88)40(26-35-13-15-36(81)16-14-35)72-58(92)46-11-8-22-78(46)60(94)37(17-19-48(65)82)69-51(85)33(5)64)53(87)73-41(25-32(3)4)62(96)77-21-7-10-45(77)57(91)67-27-50(84)68-34(6)52(86)70-38(18-20-49(66)83)61(95)79-23-9-12-47(79)59(93)75-43(29-99)56(90)76-44(30-100)63(97)98/h13-16,31-34,37-47,80-81,99-100H,7-12,17-30,64H2,1-6H3,(H2,65,82)(H2,66,83)(H,67,91)(H,68,84)(H,69,85)(H,70,86)(H,71,89)(H,72,92)(H,73,87)(H,74,88)(H,75,93)(H,76,90)(H,97,98)/t33-,34-,37-,38-,39-,40-,41-,42-,43-,44-,45-,46-,47-/m0/s1. The highest BCUT2D eigenvalue weighted by Gasteiger charge is 2.43. The molecule has 0 radical (unpaired) electrons. The molecule has 1 aromatic rings. The number of aliphatic carboxylic acids is 1. The number of aliphatic hydroxyl groups excluding tert-OH is 1. The van der Waals surface area contributed by atoms with E-state index < -0.39 is 186 Å². The first-order valence-electron chi connectivity index (χ1n) is 33.2. The smallest absolute Gasteiger partial charge is 0.327 e. The Labute approximate surface area is 589 Å². The van der Waals surface area contributed by atoms with Crippen molar-refractivity contribution in [3.63, 3.8) is 0 Å². The van der Waals surface area contributed by atoms with Gasteiger partial charge in [0.15, 0.2) is 0 Å². The molecule has 556 valence electrons. The molecule has 100 heavy (non-hydrogen) atoms. The Morgan fingerprint density at radius 3 is 1.33 bits per heavy atom. The van der Waals surface area contributed by atoms with Gasteiger partial charge in [-0.2, -0.15) is 25.3 Å². The molecule has 19 N–H and O–H groups in total. The van der Waals surface area contributed by atoms with E-state index in [0.717, 1.165) is 4.90 Å². The van der Waals surface area contributed by atoms with E-state index in [9.17, 15) is 92.0 Å². The van der Waals surface area contributed by atoms with Crippen LogP contribution >= 0.6 is 25.3 Å². The Hall–Kier alpha value is -8.84. The first kappa shape index (κ1) is 83.6. The number of phenols is 1. The topological polar surface area (TPSA) is 542 Å². The Bertz CT molecular complexity index is 3130. The number of benzene rings is 1. The summed E-state index contributed by atoms with van der Waals surface area (Å²) in [4.78, 5) is 218. The SMILES string of the molecule is CC(C)C[C@H](NC(=O)[C@H](CO)NC(=O)[C@H](Cc1ccc(O)cc1)NC(=O)[C@@H]1CCCN1C(=O)[C@H](CCC(N)=O)NC(=O)[C@H](C)N)C(=O)N[C@@H](CC(C)C)C(=O)N1CCC[C@H]1C(=O)NCC(=O)N[C@@H](C)C(=O)N[C@@H](CCC(N)=O)C(=O)N1CCC[C@H]1C(=O)N[C@@H](CS)C(=O)N[C@@H](CS)C(=O)O. The number of carbonyl (C=O) groups is 16. The number of carboxylic acids is 1. The lowest BCUT2D eigenvalue weighted by Gasteiger charge is -2.31. The van der Waals surface area contributed by atoms with E-state index in [1.54, 1.807) is 27.7 Å². The Kier molecular flexibility index (Phi) is 33.8. The second-order valence-corrected chi connectivity index (χ2v) is 26.6. The van der Waals surface area contributed by atoms with Crippen molar-refractivity contribution in [2.45, 2.75) is 204 Å². The summed E-state index contributed by atoms with van der Waals surface area (Å²) in [6.45, 7) is 8.14. The largest absolute Gasteiger partial charge is 0.508 e. The van der Waals surface area contributed by atoms with Gasteiger partial charge in [0, 0.05) is 50.4 Å². The average Bonchev–Trinajstić information content (AvgIpc) is 1.63. The molecule has 0 saturated carbocycles. The molecule has 15 amide bonds. The third kappa shape index (κ3) is 25.7. The van der Waals surface area contributed by atoms with Gasteiger partial charge in [-0.1, -0.05) is 39.8 Å².